The zero-order chi connectivity index (χ0) is 17.7. The van der Waals surface area contributed by atoms with E-state index in [-0.39, 0.29) is 5.56 Å². The summed E-state index contributed by atoms with van der Waals surface area (Å²) in [6, 6.07) is 12.1. The summed E-state index contributed by atoms with van der Waals surface area (Å²) in [5.74, 6) is -3.77. The average molecular weight is 328 g/mol. The molecule has 1 aromatic carbocycles. The molecule has 0 unspecified atom stereocenters. The van der Waals surface area contributed by atoms with Gasteiger partial charge in [0.05, 0.1) is 5.56 Å². The van der Waals surface area contributed by atoms with Crippen LogP contribution in [0.2, 0.25) is 0 Å². The van der Waals surface area contributed by atoms with Crippen LogP contribution in [0.25, 0.3) is 0 Å². The number of aromatic nitrogens is 1. The lowest BCUT2D eigenvalue weighted by Gasteiger charge is -2.25. The summed E-state index contributed by atoms with van der Waals surface area (Å²) in [6.07, 6.45) is 2.87. The van der Waals surface area contributed by atoms with Gasteiger partial charge in [0.25, 0.3) is 0 Å². The number of pyridine rings is 1. The molecule has 0 atom stereocenters. The molecule has 0 saturated carbocycles. The summed E-state index contributed by atoms with van der Waals surface area (Å²) in [5.41, 5.74) is 5.87. The van der Waals surface area contributed by atoms with Crippen molar-refractivity contribution in [1.82, 2.24) is 0 Å². The van der Waals surface area contributed by atoms with Crippen LogP contribution < -0.4 is 10.3 Å². The predicted octanol–water partition coefficient (Wildman–Crippen LogP) is 0.658. The van der Waals surface area contributed by atoms with Crippen LogP contribution in [0.3, 0.4) is 0 Å². The second-order valence-electron chi connectivity index (χ2n) is 4.92. The first-order valence-corrected chi connectivity index (χ1v) is 7.02. The Labute approximate surface area is 138 Å². The van der Waals surface area contributed by atoms with Crippen molar-refractivity contribution >= 4 is 17.8 Å². The highest BCUT2D eigenvalue weighted by Crippen LogP contribution is 2.24. The zero-order valence-electron chi connectivity index (χ0n) is 13.2. The van der Waals surface area contributed by atoms with Gasteiger partial charge >= 0.3 is 17.8 Å². The Morgan fingerprint density at radius 3 is 1.92 bits per heavy atom. The van der Waals surface area contributed by atoms with Gasteiger partial charge in [-0.05, 0) is 18.2 Å². The maximum Gasteiger partial charge on any atom is 0.510 e. The summed E-state index contributed by atoms with van der Waals surface area (Å²) in [6.45, 7) is 2.40. The van der Waals surface area contributed by atoms with Crippen LogP contribution in [-0.2, 0) is 25.0 Å². The van der Waals surface area contributed by atoms with Gasteiger partial charge in [-0.1, -0.05) is 12.1 Å². The molecule has 0 aliphatic rings. The molecule has 1 radical (unpaired) electrons. The van der Waals surface area contributed by atoms with E-state index in [1.165, 1.54) is 42.9 Å². The Morgan fingerprint density at radius 2 is 1.50 bits per heavy atom. The predicted molar refractivity (Wildman–Crippen MR) is 81.0 cm³/mol. The van der Waals surface area contributed by atoms with Gasteiger partial charge in [0, 0.05) is 26.0 Å². The Morgan fingerprint density at radius 1 is 1.00 bits per heavy atom. The molecule has 0 spiro atoms. The minimum absolute atomic E-state index is 0.257. The van der Waals surface area contributed by atoms with Gasteiger partial charge in [-0.3, -0.25) is 14.4 Å². The van der Waals surface area contributed by atoms with Gasteiger partial charge in [0.15, 0.2) is 12.4 Å². The smallest absolute Gasteiger partial charge is 0.366 e. The Bertz CT molecular complexity index is 740. The lowest BCUT2D eigenvalue weighted by molar-refractivity contribution is -0.832. The molecule has 7 heteroatoms. The average Bonchev–Trinajstić information content (AvgIpc) is 2.54. The number of benzene rings is 1. The summed E-state index contributed by atoms with van der Waals surface area (Å²) in [7, 11) is 0. The van der Waals surface area contributed by atoms with E-state index < -0.39 is 23.8 Å². The summed E-state index contributed by atoms with van der Waals surface area (Å²) < 4.78 is 12.1. The van der Waals surface area contributed by atoms with Crippen molar-refractivity contribution in [3.63, 3.8) is 0 Å². The van der Waals surface area contributed by atoms with Crippen molar-refractivity contribution in [2.75, 3.05) is 0 Å². The fourth-order valence-electron chi connectivity index (χ4n) is 2.17. The second-order valence-corrected chi connectivity index (χ2v) is 4.92. The number of carbonyl (C=O) groups excluding carboxylic acids is 3. The Hall–Kier alpha value is -3.22. The first kappa shape index (κ1) is 17.1. The van der Waals surface area contributed by atoms with Gasteiger partial charge in [-0.15, -0.1) is 4.57 Å². The van der Waals surface area contributed by atoms with Crippen LogP contribution in [0.5, 0.6) is 0 Å². The van der Waals surface area contributed by atoms with Crippen LogP contribution in [0.15, 0.2) is 48.8 Å². The first-order valence-electron chi connectivity index (χ1n) is 7.02. The molecule has 0 saturated heterocycles. The molecule has 0 bridgehead atoms. The molecule has 123 valence electrons. The van der Waals surface area contributed by atoms with Crippen molar-refractivity contribution in [3.05, 3.63) is 66.0 Å². The molecule has 2 N–H and O–H groups in total. The number of rotatable bonds is 5. The van der Waals surface area contributed by atoms with Gasteiger partial charge in [-0.2, -0.15) is 0 Å². The molecule has 0 aliphatic heterocycles. The number of amides is 1. The van der Waals surface area contributed by atoms with Crippen LogP contribution in [-0.4, -0.2) is 17.8 Å². The molecule has 1 heterocycles. The van der Waals surface area contributed by atoms with Crippen LogP contribution in [0, 0.1) is 6.07 Å². The number of nitrogens with zero attached hydrogens (tertiary/aromatic N) is 1. The molecule has 7 nitrogen and oxygen atoms in total. The molecule has 0 fully saturated rings. The molecule has 2 rings (SSSR count). The highest BCUT2D eigenvalue weighted by Gasteiger charge is 2.50. The topological polar surface area (TPSA) is 99.6 Å². The number of carbonyl (C=O) groups is 3. The number of primary amides is 1. The first-order chi connectivity index (χ1) is 11.3. The quantitative estimate of drug-likeness (QED) is 0.494. The minimum Gasteiger partial charge on any atom is -0.366 e. The fraction of sp³-hybridized carbons (Fsp3) is 0.176. The molecule has 0 aliphatic carbocycles. The van der Waals surface area contributed by atoms with Gasteiger partial charge in [-0.25, -0.2) is 0 Å². The Balaban J connectivity index is 2.65. The third-order valence-electron chi connectivity index (χ3n) is 3.10. The van der Waals surface area contributed by atoms with E-state index in [1.807, 2.05) is 0 Å². The van der Waals surface area contributed by atoms with E-state index >= 15 is 0 Å². The fourth-order valence-corrected chi connectivity index (χ4v) is 2.17. The van der Waals surface area contributed by atoms with E-state index in [2.05, 4.69) is 6.07 Å². The van der Waals surface area contributed by atoms with Gasteiger partial charge in [0.2, 0.25) is 5.91 Å². The normalized spacial score (nSPS) is 10.8. The van der Waals surface area contributed by atoms with Crippen LogP contribution in [0.1, 0.15) is 29.8 Å². The Kier molecular flexibility index (Phi) is 4.93. The van der Waals surface area contributed by atoms with Crippen molar-refractivity contribution in [2.24, 2.45) is 5.73 Å². The van der Waals surface area contributed by atoms with E-state index in [4.69, 9.17) is 15.2 Å². The van der Waals surface area contributed by atoms with Gasteiger partial charge in [0.1, 0.15) is 5.56 Å². The van der Waals surface area contributed by atoms with E-state index in [0.717, 1.165) is 0 Å². The SMILES string of the molecule is CC(=O)OC(OC(C)=O)(c1cc[c]cc1)[n+]1ccc(C(N)=O)cc1. The van der Waals surface area contributed by atoms with Gasteiger partial charge < -0.3 is 15.2 Å². The molecular formula is C17H16N2O5+. The number of nitrogens with two attached hydrogens (primary N) is 1. The summed E-state index contributed by atoms with van der Waals surface area (Å²) in [4.78, 5) is 34.5. The van der Waals surface area contributed by atoms with Crippen molar-refractivity contribution in [2.45, 2.75) is 19.8 Å². The number of esters is 2. The lowest BCUT2D eigenvalue weighted by atomic mass is 10.1. The largest absolute Gasteiger partial charge is 0.510 e. The maximum atomic E-state index is 11.7. The molecule has 2 aromatic rings. The van der Waals surface area contributed by atoms with E-state index in [0.29, 0.717) is 5.56 Å². The number of hydrogen-bond acceptors (Lipinski definition) is 5. The zero-order valence-corrected chi connectivity index (χ0v) is 13.2. The van der Waals surface area contributed by atoms with Crippen molar-refractivity contribution in [1.29, 1.82) is 0 Å². The molecule has 1 amide bonds. The standard InChI is InChI=1S/C17H15N2O5/c1-12(20)23-17(24-13(2)21,15-6-4-3-5-7-15)19-10-8-14(9-11-19)16(18)22/h4-11H,1-2H3,(H-,18,22)/p+1. The number of hydrogen-bond donors (Lipinski definition) is 1. The highest BCUT2D eigenvalue weighted by molar-refractivity contribution is 5.92. The summed E-state index contributed by atoms with van der Waals surface area (Å²) >= 11 is 0. The molecular weight excluding hydrogens is 312 g/mol. The summed E-state index contributed by atoms with van der Waals surface area (Å²) in [5, 5.41) is 0. The van der Waals surface area contributed by atoms with Crippen molar-refractivity contribution < 1.29 is 28.4 Å². The van der Waals surface area contributed by atoms with E-state index in [1.54, 1.807) is 24.3 Å². The third kappa shape index (κ3) is 3.57. The highest BCUT2D eigenvalue weighted by atomic mass is 16.8. The number of ether oxygens (including phenoxy) is 2. The third-order valence-corrected chi connectivity index (χ3v) is 3.10. The maximum absolute atomic E-state index is 11.7. The molecule has 24 heavy (non-hydrogen) atoms. The minimum atomic E-state index is -1.84. The molecule has 1 aromatic heterocycles. The van der Waals surface area contributed by atoms with Crippen LogP contribution >= 0.6 is 0 Å². The van der Waals surface area contributed by atoms with E-state index in [9.17, 15) is 14.4 Å². The van der Waals surface area contributed by atoms with Crippen LogP contribution in [0.4, 0.5) is 0 Å². The monoisotopic (exact) mass is 328 g/mol. The second kappa shape index (κ2) is 6.91. The lowest BCUT2D eigenvalue weighted by Crippen LogP contribution is -2.61. The van der Waals surface area contributed by atoms with Crippen molar-refractivity contribution in [3.8, 4) is 0 Å².